The van der Waals surface area contributed by atoms with Gasteiger partial charge in [0, 0.05) is 23.7 Å². The Hall–Kier alpha value is -0.585. The summed E-state index contributed by atoms with van der Waals surface area (Å²) < 4.78 is 7.04. The highest BCUT2D eigenvalue weighted by atomic mass is 127. The van der Waals surface area contributed by atoms with Crippen LogP contribution in [0.1, 0.15) is 0 Å². The molecule has 0 unspecified atom stereocenters. The fourth-order valence-corrected chi connectivity index (χ4v) is 5.83. The second-order valence-corrected chi connectivity index (χ2v) is 7.85. The predicted molar refractivity (Wildman–Crippen MR) is 95.6 cm³/mol. The summed E-state index contributed by atoms with van der Waals surface area (Å²) in [7, 11) is 2.16. The lowest BCUT2D eigenvalue weighted by molar-refractivity contribution is 1.77. The van der Waals surface area contributed by atoms with E-state index in [-0.39, 0.29) is 0 Å². The molecule has 0 aliphatic rings. The van der Waals surface area contributed by atoms with Crippen LogP contribution >= 0.6 is 45.3 Å². The van der Waals surface area contributed by atoms with Gasteiger partial charge in [-0.2, -0.15) is 0 Å². The maximum atomic E-state index is 2.38. The quantitative estimate of drug-likeness (QED) is 0.319. The van der Waals surface area contributed by atoms with Crippen molar-refractivity contribution in [2.24, 2.45) is 0 Å². The van der Waals surface area contributed by atoms with Crippen molar-refractivity contribution in [3.63, 3.8) is 0 Å². The largest absolute Gasteiger partial charge is 0.139 e. The summed E-state index contributed by atoms with van der Waals surface area (Å²) in [6.45, 7) is 0. The van der Waals surface area contributed by atoms with E-state index in [2.05, 4.69) is 66.8 Å². The van der Waals surface area contributed by atoms with Crippen LogP contribution < -0.4 is 5.46 Å². The van der Waals surface area contributed by atoms with E-state index in [4.69, 9.17) is 0 Å². The summed E-state index contributed by atoms with van der Waals surface area (Å²) in [5.41, 5.74) is 1.34. The van der Waals surface area contributed by atoms with Crippen molar-refractivity contribution in [3.05, 3.63) is 40.0 Å². The Bertz CT molecular complexity index is 828. The van der Waals surface area contributed by atoms with E-state index in [0.717, 1.165) is 0 Å². The molecule has 0 nitrogen and oxygen atoms in total. The first-order valence-electron chi connectivity index (χ1n) is 5.73. The highest BCUT2D eigenvalue weighted by Crippen LogP contribution is 2.43. The van der Waals surface area contributed by atoms with Gasteiger partial charge in [0.05, 0.1) is 9.40 Å². The van der Waals surface area contributed by atoms with Crippen molar-refractivity contribution < 1.29 is 0 Å². The van der Waals surface area contributed by atoms with Gasteiger partial charge in [-0.25, -0.2) is 0 Å². The van der Waals surface area contributed by atoms with Crippen LogP contribution in [0.5, 0.6) is 0 Å². The second kappa shape index (κ2) is 3.95. The molecule has 4 heteroatoms. The van der Waals surface area contributed by atoms with Crippen LogP contribution in [0.4, 0.5) is 0 Å². The molecular weight excluding hydrogens is 370 g/mol. The van der Waals surface area contributed by atoms with Crippen molar-refractivity contribution in [2.75, 3.05) is 0 Å². The number of hydrogen-bond donors (Lipinski definition) is 0. The highest BCUT2D eigenvalue weighted by Gasteiger charge is 2.11. The molecule has 0 bridgehead atoms. The molecule has 2 aromatic carbocycles. The third-order valence-electron chi connectivity index (χ3n) is 3.20. The van der Waals surface area contributed by atoms with Crippen molar-refractivity contribution in [2.45, 2.75) is 0 Å². The van der Waals surface area contributed by atoms with Gasteiger partial charge < -0.3 is 0 Å². The standard InChI is InChI=1S/C14H8BIS2/c15-7-1-3-9-11(5-7)17-14-10-4-2-8(16)6-12(10)18-13(9)14/h1-6H,15H2. The van der Waals surface area contributed by atoms with Gasteiger partial charge >= 0.3 is 0 Å². The van der Waals surface area contributed by atoms with E-state index >= 15 is 0 Å². The van der Waals surface area contributed by atoms with Crippen molar-refractivity contribution in [3.8, 4) is 0 Å². The lowest BCUT2D eigenvalue weighted by Crippen LogP contribution is -1.98. The van der Waals surface area contributed by atoms with E-state index in [1.165, 1.54) is 38.6 Å². The molecule has 0 amide bonds. The van der Waals surface area contributed by atoms with Gasteiger partial charge in [0.2, 0.25) is 0 Å². The van der Waals surface area contributed by atoms with Gasteiger partial charge in [0.15, 0.2) is 0 Å². The van der Waals surface area contributed by atoms with E-state index in [0.29, 0.717) is 0 Å². The van der Waals surface area contributed by atoms with E-state index in [1.54, 1.807) is 0 Å². The molecule has 0 fully saturated rings. The van der Waals surface area contributed by atoms with Crippen LogP contribution in [0.3, 0.4) is 0 Å². The van der Waals surface area contributed by atoms with E-state index in [1.807, 2.05) is 22.7 Å². The smallest absolute Gasteiger partial charge is 0.134 e. The molecule has 18 heavy (non-hydrogen) atoms. The molecule has 0 radical (unpaired) electrons. The summed E-state index contributed by atoms with van der Waals surface area (Å²) in [6, 6.07) is 13.5. The fourth-order valence-electron chi connectivity index (χ4n) is 2.34. The molecular formula is C14H8BIS2. The topological polar surface area (TPSA) is 0 Å². The summed E-state index contributed by atoms with van der Waals surface area (Å²) >= 11 is 6.23. The minimum atomic E-state index is 1.31. The van der Waals surface area contributed by atoms with Crippen LogP contribution in [0, 0.1) is 3.57 Å². The maximum absolute atomic E-state index is 2.38. The Morgan fingerprint density at radius 1 is 0.833 bits per heavy atom. The Labute approximate surface area is 127 Å². The summed E-state index contributed by atoms with van der Waals surface area (Å²) in [4.78, 5) is 0. The molecule has 0 saturated heterocycles. The van der Waals surface area contributed by atoms with Crippen LogP contribution in [0.2, 0.25) is 0 Å². The third kappa shape index (κ3) is 1.55. The number of hydrogen-bond acceptors (Lipinski definition) is 2. The summed E-state index contributed by atoms with van der Waals surface area (Å²) in [5.74, 6) is 0. The van der Waals surface area contributed by atoms with Crippen molar-refractivity contribution in [1.82, 2.24) is 0 Å². The highest BCUT2D eigenvalue weighted by molar-refractivity contribution is 14.1. The fraction of sp³-hybridized carbons (Fsp3) is 0. The molecule has 0 saturated carbocycles. The van der Waals surface area contributed by atoms with Crippen LogP contribution in [0.15, 0.2) is 36.4 Å². The molecule has 86 valence electrons. The average Bonchev–Trinajstić information content (AvgIpc) is 2.83. The van der Waals surface area contributed by atoms with Crippen LogP contribution in [-0.2, 0) is 0 Å². The summed E-state index contributed by atoms with van der Waals surface area (Å²) in [6.07, 6.45) is 0. The SMILES string of the molecule is Bc1ccc2c(c1)sc1c3ccc(I)cc3sc21. The second-order valence-electron chi connectivity index (χ2n) is 4.50. The van der Waals surface area contributed by atoms with Gasteiger partial charge in [-0.05, 0) is 34.7 Å². The molecule has 4 aromatic rings. The normalized spacial score (nSPS) is 11.8. The van der Waals surface area contributed by atoms with Gasteiger partial charge in [0.1, 0.15) is 7.85 Å². The molecule has 0 N–H and O–H groups in total. The maximum Gasteiger partial charge on any atom is 0.139 e. The lowest BCUT2D eigenvalue weighted by atomic mass is 9.96. The number of thiophene rings is 2. The monoisotopic (exact) mass is 378 g/mol. The number of rotatable bonds is 0. The molecule has 0 aliphatic heterocycles. The molecule has 0 aliphatic carbocycles. The predicted octanol–water partition coefficient (Wildman–Crippen LogP) is 4.13. The summed E-state index contributed by atoms with van der Waals surface area (Å²) in [5, 5.41) is 2.83. The minimum absolute atomic E-state index is 1.31. The molecule has 2 heterocycles. The van der Waals surface area contributed by atoms with Crippen molar-refractivity contribution in [1.29, 1.82) is 0 Å². The molecule has 2 aromatic heterocycles. The number of benzene rings is 2. The van der Waals surface area contributed by atoms with Gasteiger partial charge in [-0.3, -0.25) is 0 Å². The Morgan fingerprint density at radius 3 is 2.17 bits per heavy atom. The number of fused-ring (bicyclic) bond motifs is 5. The molecule has 0 atom stereocenters. The zero-order valence-corrected chi connectivity index (χ0v) is 13.4. The zero-order chi connectivity index (χ0) is 12.3. The van der Waals surface area contributed by atoms with Gasteiger partial charge in [-0.1, -0.05) is 29.7 Å². The first-order chi connectivity index (χ1) is 8.72. The van der Waals surface area contributed by atoms with E-state index < -0.39 is 0 Å². The Balaban J connectivity index is 2.23. The van der Waals surface area contributed by atoms with Crippen LogP contribution in [-0.4, -0.2) is 7.85 Å². The van der Waals surface area contributed by atoms with Crippen LogP contribution in [0.25, 0.3) is 29.6 Å². The Morgan fingerprint density at radius 2 is 1.44 bits per heavy atom. The zero-order valence-electron chi connectivity index (χ0n) is 9.66. The van der Waals surface area contributed by atoms with Gasteiger partial charge in [0.25, 0.3) is 0 Å². The first-order valence-corrected chi connectivity index (χ1v) is 8.44. The first kappa shape index (κ1) is 11.3. The van der Waals surface area contributed by atoms with E-state index in [9.17, 15) is 0 Å². The third-order valence-corrected chi connectivity index (χ3v) is 6.37. The molecule has 4 rings (SSSR count). The molecule has 0 spiro atoms. The average molecular weight is 378 g/mol. The van der Waals surface area contributed by atoms with Gasteiger partial charge in [-0.15, -0.1) is 22.7 Å². The lowest BCUT2D eigenvalue weighted by Gasteiger charge is -1.93. The van der Waals surface area contributed by atoms with Crippen molar-refractivity contribution >= 4 is 88.1 Å². The number of halogens is 1. The minimum Gasteiger partial charge on any atom is -0.134 e. The Kier molecular flexibility index (Phi) is 2.47.